The van der Waals surface area contributed by atoms with Crippen LogP contribution in [-0.4, -0.2) is 6.54 Å². The summed E-state index contributed by atoms with van der Waals surface area (Å²) in [5.41, 5.74) is 6.63. The third-order valence-corrected chi connectivity index (χ3v) is 2.93. The van der Waals surface area contributed by atoms with E-state index in [4.69, 9.17) is 10.5 Å². The molecule has 0 bridgehead atoms. The zero-order valence-electron chi connectivity index (χ0n) is 11.6. The van der Waals surface area contributed by atoms with Crippen molar-refractivity contribution < 1.29 is 13.5 Å². The molecule has 0 heterocycles. The van der Waals surface area contributed by atoms with Crippen LogP contribution < -0.4 is 10.5 Å². The molecule has 0 aliphatic heterocycles. The normalized spacial score (nSPS) is 9.90. The Morgan fingerprint density at radius 1 is 1.19 bits per heavy atom. The molecule has 0 aromatic heterocycles. The number of hydrogen-bond acceptors (Lipinski definition) is 2. The van der Waals surface area contributed by atoms with Gasteiger partial charge in [0.25, 0.3) is 0 Å². The van der Waals surface area contributed by atoms with Crippen LogP contribution in [-0.2, 0) is 6.61 Å². The topological polar surface area (TPSA) is 35.2 Å². The van der Waals surface area contributed by atoms with Crippen LogP contribution in [0.15, 0.2) is 36.4 Å². The molecule has 2 aromatic rings. The third-order valence-electron chi connectivity index (χ3n) is 2.93. The van der Waals surface area contributed by atoms with E-state index in [1.807, 2.05) is 0 Å². The molecule has 2 rings (SSSR count). The van der Waals surface area contributed by atoms with Gasteiger partial charge in [0.15, 0.2) is 11.6 Å². The van der Waals surface area contributed by atoms with Gasteiger partial charge in [-0.2, -0.15) is 0 Å². The second kappa shape index (κ2) is 6.87. The Balaban J connectivity index is 2.12. The van der Waals surface area contributed by atoms with Crippen LogP contribution in [0.2, 0.25) is 0 Å². The number of aryl methyl sites for hydroxylation is 1. The first-order chi connectivity index (χ1) is 10.1. The van der Waals surface area contributed by atoms with E-state index in [2.05, 4.69) is 11.8 Å². The molecular weight excluding hydrogens is 272 g/mol. The molecule has 0 aliphatic rings. The lowest BCUT2D eigenvalue weighted by molar-refractivity contribution is 0.284. The highest BCUT2D eigenvalue weighted by Crippen LogP contribution is 2.21. The number of nitrogens with two attached hydrogens (primary N) is 1. The summed E-state index contributed by atoms with van der Waals surface area (Å²) in [6.45, 7) is 1.82. The van der Waals surface area contributed by atoms with Crippen molar-refractivity contribution >= 4 is 0 Å². The molecule has 0 saturated carbocycles. The molecule has 0 aliphatic carbocycles. The third kappa shape index (κ3) is 3.80. The molecule has 0 saturated heterocycles. The molecule has 21 heavy (non-hydrogen) atoms. The second-order valence-corrected chi connectivity index (χ2v) is 4.49. The van der Waals surface area contributed by atoms with Crippen LogP contribution in [0.25, 0.3) is 0 Å². The van der Waals surface area contributed by atoms with Gasteiger partial charge in [-0.3, -0.25) is 0 Å². The first kappa shape index (κ1) is 15.0. The predicted molar refractivity (Wildman–Crippen MR) is 77.8 cm³/mol. The molecule has 0 fully saturated rings. The highest BCUT2D eigenvalue weighted by Gasteiger charge is 2.08. The van der Waals surface area contributed by atoms with Crippen LogP contribution in [0, 0.1) is 30.4 Å². The Morgan fingerprint density at radius 2 is 2.00 bits per heavy atom. The molecule has 0 radical (unpaired) electrons. The fourth-order valence-electron chi connectivity index (χ4n) is 1.78. The summed E-state index contributed by atoms with van der Waals surface area (Å²) in [6.07, 6.45) is 0. The number of rotatable bonds is 3. The van der Waals surface area contributed by atoms with Gasteiger partial charge in [0, 0.05) is 11.1 Å². The van der Waals surface area contributed by atoms with Crippen molar-refractivity contribution in [2.24, 2.45) is 5.73 Å². The lowest BCUT2D eigenvalue weighted by Crippen LogP contribution is -2.01. The molecule has 0 spiro atoms. The van der Waals surface area contributed by atoms with Crippen molar-refractivity contribution in [3.63, 3.8) is 0 Å². The minimum Gasteiger partial charge on any atom is -0.486 e. The summed E-state index contributed by atoms with van der Waals surface area (Å²) in [5.74, 6) is 4.65. The number of benzene rings is 2. The van der Waals surface area contributed by atoms with Crippen molar-refractivity contribution in [1.82, 2.24) is 0 Å². The summed E-state index contributed by atoms with van der Waals surface area (Å²) in [5, 5.41) is 0. The van der Waals surface area contributed by atoms with Crippen LogP contribution in [0.5, 0.6) is 5.75 Å². The van der Waals surface area contributed by atoms with Crippen LogP contribution >= 0.6 is 0 Å². The van der Waals surface area contributed by atoms with Gasteiger partial charge in [-0.25, -0.2) is 8.78 Å². The van der Waals surface area contributed by atoms with E-state index in [1.165, 1.54) is 12.1 Å². The maximum Gasteiger partial charge on any atom is 0.167 e. The maximum atomic E-state index is 13.9. The smallest absolute Gasteiger partial charge is 0.167 e. The van der Waals surface area contributed by atoms with Gasteiger partial charge in [-0.1, -0.05) is 30.0 Å². The van der Waals surface area contributed by atoms with E-state index >= 15 is 0 Å². The average molecular weight is 287 g/mol. The quantitative estimate of drug-likeness (QED) is 0.880. The monoisotopic (exact) mass is 287 g/mol. The fourth-order valence-corrected chi connectivity index (χ4v) is 1.78. The minimum absolute atomic E-state index is 0.0448. The van der Waals surface area contributed by atoms with Gasteiger partial charge in [0.05, 0.1) is 6.54 Å². The predicted octanol–water partition coefficient (Wildman–Crippen LogP) is 3.16. The zero-order chi connectivity index (χ0) is 15.2. The molecule has 0 unspecified atom stereocenters. The van der Waals surface area contributed by atoms with E-state index < -0.39 is 11.6 Å². The Bertz CT molecular complexity index is 702. The van der Waals surface area contributed by atoms with Crippen molar-refractivity contribution in [1.29, 1.82) is 0 Å². The van der Waals surface area contributed by atoms with E-state index in [9.17, 15) is 8.78 Å². The molecule has 4 heteroatoms. The SMILES string of the molecule is Cc1cccc(OCc2ccc(C#CCN)cc2F)c1F. The number of halogens is 2. The number of hydrogen-bond donors (Lipinski definition) is 1. The van der Waals surface area contributed by atoms with Gasteiger partial charge in [-0.05, 0) is 30.7 Å². The lowest BCUT2D eigenvalue weighted by atomic mass is 10.1. The largest absolute Gasteiger partial charge is 0.486 e. The molecule has 2 nitrogen and oxygen atoms in total. The summed E-state index contributed by atoms with van der Waals surface area (Å²) in [4.78, 5) is 0. The Morgan fingerprint density at radius 3 is 2.71 bits per heavy atom. The zero-order valence-corrected chi connectivity index (χ0v) is 11.6. The van der Waals surface area contributed by atoms with E-state index in [0.717, 1.165) is 0 Å². The van der Waals surface area contributed by atoms with Crippen molar-refractivity contribution in [2.75, 3.05) is 6.54 Å². The molecular formula is C17H15F2NO. The highest BCUT2D eigenvalue weighted by molar-refractivity contribution is 5.37. The summed E-state index contributed by atoms with van der Waals surface area (Å²) >= 11 is 0. The lowest BCUT2D eigenvalue weighted by Gasteiger charge is -2.09. The van der Waals surface area contributed by atoms with Gasteiger partial charge in [0.2, 0.25) is 0 Å². The Hall–Kier alpha value is -2.38. The summed E-state index contributed by atoms with van der Waals surface area (Å²) < 4.78 is 33.0. The van der Waals surface area contributed by atoms with Crippen LogP contribution in [0.4, 0.5) is 8.78 Å². The molecule has 0 amide bonds. The number of ether oxygens (including phenoxy) is 1. The van der Waals surface area contributed by atoms with Gasteiger partial charge in [-0.15, -0.1) is 0 Å². The van der Waals surface area contributed by atoms with Gasteiger partial charge < -0.3 is 10.5 Å². The minimum atomic E-state index is -0.438. The first-order valence-electron chi connectivity index (χ1n) is 6.47. The average Bonchev–Trinajstić information content (AvgIpc) is 2.48. The first-order valence-corrected chi connectivity index (χ1v) is 6.47. The summed E-state index contributed by atoms with van der Waals surface area (Å²) in [6, 6.07) is 9.42. The second-order valence-electron chi connectivity index (χ2n) is 4.49. The highest BCUT2D eigenvalue weighted by atomic mass is 19.1. The summed E-state index contributed by atoms with van der Waals surface area (Å²) in [7, 11) is 0. The molecule has 2 aromatic carbocycles. The van der Waals surface area contributed by atoms with E-state index in [0.29, 0.717) is 16.7 Å². The van der Waals surface area contributed by atoms with Crippen LogP contribution in [0.3, 0.4) is 0 Å². The Labute approximate surface area is 122 Å². The fraction of sp³-hybridized carbons (Fsp3) is 0.176. The molecule has 0 atom stereocenters. The van der Waals surface area contributed by atoms with Crippen molar-refractivity contribution in [3.8, 4) is 17.6 Å². The van der Waals surface area contributed by atoms with E-state index in [-0.39, 0.29) is 18.9 Å². The van der Waals surface area contributed by atoms with Crippen LogP contribution in [0.1, 0.15) is 16.7 Å². The van der Waals surface area contributed by atoms with Gasteiger partial charge >= 0.3 is 0 Å². The maximum absolute atomic E-state index is 13.9. The Kier molecular flexibility index (Phi) is 4.91. The van der Waals surface area contributed by atoms with Crippen molar-refractivity contribution in [3.05, 3.63) is 64.7 Å². The van der Waals surface area contributed by atoms with Crippen molar-refractivity contribution in [2.45, 2.75) is 13.5 Å². The van der Waals surface area contributed by atoms with E-state index in [1.54, 1.807) is 31.2 Å². The molecule has 108 valence electrons. The standard InChI is InChI=1S/C17H15F2NO/c1-12-4-2-6-16(17(12)19)21-11-14-8-7-13(5-3-9-20)10-15(14)18/h2,4,6-8,10H,9,11,20H2,1H3. The van der Waals surface area contributed by atoms with Gasteiger partial charge in [0.1, 0.15) is 12.4 Å². The molecule has 2 N–H and O–H groups in total.